The molecule has 2 rings (SSSR count). The Morgan fingerprint density at radius 2 is 1.82 bits per heavy atom. The van der Waals surface area contributed by atoms with Crippen LogP contribution >= 0.6 is 0 Å². The molecule has 1 aliphatic heterocycles. The van der Waals surface area contributed by atoms with Gasteiger partial charge in [-0.25, -0.2) is 0 Å². The molecule has 0 aromatic heterocycles. The predicted molar refractivity (Wildman–Crippen MR) is 81.7 cm³/mol. The Morgan fingerprint density at radius 3 is 2.36 bits per heavy atom. The van der Waals surface area contributed by atoms with Gasteiger partial charge in [-0.3, -0.25) is 0 Å². The molecular weight excluding hydrogens is 278 g/mol. The number of nitrogens with zero attached hydrogens (tertiary/aromatic N) is 4. The van der Waals surface area contributed by atoms with Gasteiger partial charge in [-0.1, -0.05) is 0 Å². The van der Waals surface area contributed by atoms with Crippen molar-refractivity contribution in [2.75, 3.05) is 36.5 Å². The van der Waals surface area contributed by atoms with E-state index >= 15 is 0 Å². The van der Waals surface area contributed by atoms with Crippen LogP contribution in [-0.4, -0.2) is 26.3 Å². The van der Waals surface area contributed by atoms with E-state index in [1.165, 1.54) is 0 Å². The first kappa shape index (κ1) is 15.4. The van der Waals surface area contributed by atoms with Gasteiger partial charge in [0.2, 0.25) is 0 Å². The maximum atomic E-state index is 9.07. The molecule has 0 unspecified atom stereocenters. The number of hydrogen-bond acceptors (Lipinski definition) is 6. The molecule has 0 atom stereocenters. The lowest BCUT2D eigenvalue weighted by molar-refractivity contribution is 0.122. The number of aryl methyl sites for hydroxylation is 1. The summed E-state index contributed by atoms with van der Waals surface area (Å²) in [6, 6.07) is 11.1. The van der Waals surface area contributed by atoms with Gasteiger partial charge in [-0.2, -0.15) is 15.8 Å². The summed E-state index contributed by atoms with van der Waals surface area (Å²) >= 11 is 0. The van der Waals surface area contributed by atoms with Crippen LogP contribution in [0.2, 0.25) is 0 Å². The van der Waals surface area contributed by atoms with Crippen molar-refractivity contribution in [1.29, 1.82) is 15.8 Å². The summed E-state index contributed by atoms with van der Waals surface area (Å²) in [5, 5.41) is 29.6. The van der Waals surface area contributed by atoms with Crippen molar-refractivity contribution in [1.82, 2.24) is 0 Å². The predicted octanol–water partition coefficient (Wildman–Crippen LogP) is 2.07. The molecule has 1 heterocycles. The zero-order chi connectivity index (χ0) is 15.9. The summed E-state index contributed by atoms with van der Waals surface area (Å²) in [5.74, 6) is 0. The molecule has 6 nitrogen and oxygen atoms in total. The minimum Gasteiger partial charge on any atom is -0.378 e. The topological polar surface area (TPSA) is 95.9 Å². The molecule has 1 aromatic carbocycles. The number of allylic oxidation sites excluding steroid dienone is 2. The molecule has 0 bridgehead atoms. The third-order valence-electron chi connectivity index (χ3n) is 3.43. The number of hydrogen-bond donors (Lipinski definition) is 1. The number of rotatable bonds is 3. The Morgan fingerprint density at radius 1 is 1.14 bits per heavy atom. The Kier molecular flexibility index (Phi) is 4.98. The van der Waals surface area contributed by atoms with E-state index in [2.05, 4.69) is 10.2 Å². The van der Waals surface area contributed by atoms with E-state index in [1.807, 2.05) is 31.2 Å². The molecule has 1 saturated heterocycles. The maximum Gasteiger partial charge on any atom is 0.163 e. The van der Waals surface area contributed by atoms with Crippen molar-refractivity contribution >= 4 is 11.4 Å². The van der Waals surface area contributed by atoms with Crippen LogP contribution in [0.1, 0.15) is 5.56 Å². The Balaban J connectivity index is 2.24. The Bertz CT molecular complexity index is 696. The molecule has 0 saturated carbocycles. The molecule has 1 aliphatic rings. The van der Waals surface area contributed by atoms with Gasteiger partial charge in [-0.05, 0) is 30.7 Å². The van der Waals surface area contributed by atoms with E-state index in [0.29, 0.717) is 18.9 Å². The summed E-state index contributed by atoms with van der Waals surface area (Å²) in [4.78, 5) is 2.23. The zero-order valence-corrected chi connectivity index (χ0v) is 12.3. The minimum atomic E-state index is -0.223. The number of benzene rings is 1. The highest BCUT2D eigenvalue weighted by Gasteiger charge is 2.13. The quantitative estimate of drug-likeness (QED) is 0.857. The highest BCUT2D eigenvalue weighted by atomic mass is 16.5. The largest absolute Gasteiger partial charge is 0.378 e. The summed E-state index contributed by atoms with van der Waals surface area (Å²) < 4.78 is 5.34. The molecule has 0 radical (unpaired) electrons. The third kappa shape index (κ3) is 3.35. The average Bonchev–Trinajstić information content (AvgIpc) is 2.57. The van der Waals surface area contributed by atoms with Gasteiger partial charge in [-0.15, -0.1) is 0 Å². The van der Waals surface area contributed by atoms with Crippen molar-refractivity contribution in [3.8, 4) is 18.2 Å². The van der Waals surface area contributed by atoms with Gasteiger partial charge in [0.15, 0.2) is 5.57 Å². The van der Waals surface area contributed by atoms with Crippen LogP contribution < -0.4 is 10.2 Å². The van der Waals surface area contributed by atoms with Crippen molar-refractivity contribution in [3.63, 3.8) is 0 Å². The van der Waals surface area contributed by atoms with Gasteiger partial charge in [0.25, 0.3) is 0 Å². The van der Waals surface area contributed by atoms with E-state index in [4.69, 9.17) is 20.5 Å². The van der Waals surface area contributed by atoms with Crippen molar-refractivity contribution < 1.29 is 4.74 Å². The lowest BCUT2D eigenvalue weighted by Gasteiger charge is -2.29. The van der Waals surface area contributed by atoms with Gasteiger partial charge in [0, 0.05) is 24.5 Å². The number of anilines is 2. The van der Waals surface area contributed by atoms with E-state index in [-0.39, 0.29) is 11.3 Å². The molecule has 0 amide bonds. The van der Waals surface area contributed by atoms with Crippen LogP contribution in [0.5, 0.6) is 0 Å². The summed E-state index contributed by atoms with van der Waals surface area (Å²) in [6.45, 7) is 5.05. The van der Waals surface area contributed by atoms with E-state index in [9.17, 15) is 0 Å². The van der Waals surface area contributed by atoms with Crippen LogP contribution in [0.4, 0.5) is 11.4 Å². The number of morpholine rings is 1. The zero-order valence-electron chi connectivity index (χ0n) is 12.3. The number of nitriles is 3. The number of ether oxygens (including phenoxy) is 1. The molecule has 0 spiro atoms. The Hall–Kier alpha value is -3.01. The van der Waals surface area contributed by atoms with Crippen LogP contribution in [-0.2, 0) is 4.74 Å². The second-order valence-electron chi connectivity index (χ2n) is 4.81. The molecular formula is C16H15N5O. The van der Waals surface area contributed by atoms with E-state index < -0.39 is 0 Å². The normalized spacial score (nSPS) is 13.5. The Labute approximate surface area is 129 Å². The lowest BCUT2D eigenvalue weighted by atomic mass is 10.1. The van der Waals surface area contributed by atoms with E-state index in [1.54, 1.807) is 12.1 Å². The maximum absolute atomic E-state index is 9.07. The second kappa shape index (κ2) is 7.13. The molecule has 1 N–H and O–H groups in total. The van der Waals surface area contributed by atoms with Gasteiger partial charge in [0.05, 0.1) is 13.2 Å². The highest BCUT2D eigenvalue weighted by Crippen LogP contribution is 2.24. The van der Waals surface area contributed by atoms with Crippen molar-refractivity contribution in [2.45, 2.75) is 6.92 Å². The van der Waals surface area contributed by atoms with Gasteiger partial charge in [0.1, 0.15) is 23.9 Å². The molecule has 1 aromatic rings. The standard InChI is InChI=1S/C16H15N5O/c1-12-8-14(21-4-6-22-7-5-21)2-3-15(12)20-16(11-19)13(9-17)10-18/h2-3,8,20H,4-7H2,1H3. The fraction of sp³-hybridized carbons (Fsp3) is 0.312. The lowest BCUT2D eigenvalue weighted by Crippen LogP contribution is -2.36. The number of nitrogens with one attached hydrogen (secondary N) is 1. The summed E-state index contributed by atoms with van der Waals surface area (Å²) in [5.41, 5.74) is 2.48. The van der Waals surface area contributed by atoms with Crippen molar-refractivity contribution in [2.24, 2.45) is 0 Å². The van der Waals surface area contributed by atoms with Crippen LogP contribution in [0.15, 0.2) is 29.5 Å². The fourth-order valence-corrected chi connectivity index (χ4v) is 2.22. The van der Waals surface area contributed by atoms with Gasteiger partial charge < -0.3 is 15.0 Å². The molecule has 22 heavy (non-hydrogen) atoms. The third-order valence-corrected chi connectivity index (χ3v) is 3.43. The first-order chi connectivity index (χ1) is 10.7. The average molecular weight is 293 g/mol. The van der Waals surface area contributed by atoms with Crippen LogP contribution in [0.3, 0.4) is 0 Å². The summed E-state index contributed by atoms with van der Waals surface area (Å²) in [7, 11) is 0. The first-order valence-corrected chi connectivity index (χ1v) is 6.84. The van der Waals surface area contributed by atoms with Gasteiger partial charge >= 0.3 is 0 Å². The smallest absolute Gasteiger partial charge is 0.163 e. The molecule has 6 heteroatoms. The van der Waals surface area contributed by atoms with Crippen molar-refractivity contribution in [3.05, 3.63) is 35.0 Å². The highest BCUT2D eigenvalue weighted by molar-refractivity contribution is 5.65. The molecule has 0 aliphatic carbocycles. The summed E-state index contributed by atoms with van der Waals surface area (Å²) in [6.07, 6.45) is 0. The van der Waals surface area contributed by atoms with Crippen LogP contribution in [0.25, 0.3) is 0 Å². The second-order valence-corrected chi connectivity index (χ2v) is 4.81. The monoisotopic (exact) mass is 293 g/mol. The molecule has 110 valence electrons. The minimum absolute atomic E-state index is 0.0350. The SMILES string of the molecule is Cc1cc(N2CCOCC2)ccc1NC(C#N)=C(C#N)C#N. The van der Waals surface area contributed by atoms with Crippen LogP contribution in [0, 0.1) is 40.9 Å². The first-order valence-electron chi connectivity index (χ1n) is 6.84. The van der Waals surface area contributed by atoms with E-state index in [0.717, 1.165) is 24.3 Å². The molecule has 1 fully saturated rings. The fourth-order valence-electron chi connectivity index (χ4n) is 2.22.